The van der Waals surface area contributed by atoms with Crippen LogP contribution in [-0.2, 0) is 5.60 Å². The van der Waals surface area contributed by atoms with Gasteiger partial charge < -0.3 is 5.11 Å². The van der Waals surface area contributed by atoms with Crippen molar-refractivity contribution in [2.75, 3.05) is 19.6 Å². The zero-order valence-electron chi connectivity index (χ0n) is 14.7. The highest BCUT2D eigenvalue weighted by Crippen LogP contribution is 2.31. The van der Waals surface area contributed by atoms with Crippen LogP contribution in [0.3, 0.4) is 0 Å². The van der Waals surface area contributed by atoms with E-state index in [2.05, 4.69) is 16.7 Å². The molecule has 1 heterocycles. The van der Waals surface area contributed by atoms with E-state index in [1.54, 1.807) is 0 Å². The maximum atomic E-state index is 11.5. The van der Waals surface area contributed by atoms with Gasteiger partial charge in [-0.2, -0.15) is 0 Å². The first-order valence-electron chi connectivity index (χ1n) is 8.76. The molecule has 25 heavy (non-hydrogen) atoms. The molecule has 1 saturated heterocycles. The second-order valence-electron chi connectivity index (χ2n) is 6.53. The van der Waals surface area contributed by atoms with Gasteiger partial charge >= 0.3 is 0 Å². The van der Waals surface area contributed by atoms with E-state index in [4.69, 9.17) is 0 Å². The number of hydrogen-bond acceptors (Lipinski definition) is 2. The molecule has 0 amide bonds. The highest BCUT2D eigenvalue weighted by molar-refractivity contribution is 5.85. The summed E-state index contributed by atoms with van der Waals surface area (Å²) in [6, 6.07) is 17.7. The van der Waals surface area contributed by atoms with E-state index in [0.717, 1.165) is 36.3 Å². The van der Waals surface area contributed by atoms with Crippen molar-refractivity contribution in [1.82, 2.24) is 4.90 Å². The van der Waals surface area contributed by atoms with Crippen LogP contribution in [0.25, 0.3) is 0 Å². The number of likely N-dealkylation sites (tertiary alicyclic amines) is 1. The lowest BCUT2D eigenvalue weighted by Gasteiger charge is -2.26. The first-order chi connectivity index (χ1) is 11.7. The van der Waals surface area contributed by atoms with Gasteiger partial charge in [0, 0.05) is 11.1 Å². The van der Waals surface area contributed by atoms with Crippen LogP contribution in [0.15, 0.2) is 54.6 Å². The van der Waals surface area contributed by atoms with Crippen molar-refractivity contribution in [3.05, 3.63) is 71.3 Å². The molecule has 2 aromatic carbocycles. The second-order valence-corrected chi connectivity index (χ2v) is 6.53. The fourth-order valence-corrected chi connectivity index (χ4v) is 3.35. The third-order valence-electron chi connectivity index (χ3n) is 4.75. The van der Waals surface area contributed by atoms with Crippen molar-refractivity contribution in [3.63, 3.8) is 0 Å². The standard InChI is InChI=1S/C22H25NO.ClH/c1-19-11-6-7-14-21(19)22(24,20-12-4-2-5-13-20)15-10-18-23-16-8-3-9-17-23;/h2,4-7,11-14,24H,3,8-9,16-18H2,1H3;1H. The lowest BCUT2D eigenvalue weighted by molar-refractivity contribution is 0.144. The number of benzene rings is 2. The molecular weight excluding hydrogens is 330 g/mol. The summed E-state index contributed by atoms with van der Waals surface area (Å²) in [6.45, 7) is 4.97. The topological polar surface area (TPSA) is 23.5 Å². The summed E-state index contributed by atoms with van der Waals surface area (Å²) >= 11 is 0. The molecule has 132 valence electrons. The molecule has 0 radical (unpaired) electrons. The van der Waals surface area contributed by atoms with Crippen LogP contribution in [0, 0.1) is 18.8 Å². The van der Waals surface area contributed by atoms with Gasteiger partial charge in [-0.25, -0.2) is 0 Å². The Morgan fingerprint density at radius 2 is 1.60 bits per heavy atom. The number of piperidine rings is 1. The SMILES string of the molecule is Cc1ccccc1C(O)(C#CCN1CCCCC1)c1ccccc1.Cl. The largest absolute Gasteiger partial charge is 0.369 e. The van der Waals surface area contributed by atoms with Crippen molar-refractivity contribution in [2.24, 2.45) is 0 Å². The summed E-state index contributed by atoms with van der Waals surface area (Å²) in [6.07, 6.45) is 3.83. The van der Waals surface area contributed by atoms with Crippen LogP contribution in [0.1, 0.15) is 36.0 Å². The fourth-order valence-electron chi connectivity index (χ4n) is 3.35. The maximum Gasteiger partial charge on any atom is 0.177 e. The number of halogens is 1. The zero-order valence-corrected chi connectivity index (χ0v) is 15.6. The third-order valence-corrected chi connectivity index (χ3v) is 4.75. The molecule has 0 aliphatic carbocycles. The van der Waals surface area contributed by atoms with E-state index >= 15 is 0 Å². The first-order valence-corrected chi connectivity index (χ1v) is 8.76. The Bertz CT molecular complexity index is 728. The first kappa shape index (κ1) is 19.5. The van der Waals surface area contributed by atoms with E-state index < -0.39 is 5.60 Å². The number of aryl methyl sites for hydroxylation is 1. The molecule has 1 aliphatic rings. The van der Waals surface area contributed by atoms with Crippen molar-refractivity contribution >= 4 is 12.4 Å². The predicted octanol–water partition coefficient (Wildman–Crippen LogP) is 4.14. The van der Waals surface area contributed by atoms with Crippen LogP contribution in [0.2, 0.25) is 0 Å². The molecule has 3 heteroatoms. The van der Waals surface area contributed by atoms with E-state index in [-0.39, 0.29) is 12.4 Å². The van der Waals surface area contributed by atoms with E-state index in [0.29, 0.717) is 0 Å². The molecule has 1 fully saturated rings. The number of rotatable bonds is 3. The van der Waals surface area contributed by atoms with Gasteiger partial charge in [0.2, 0.25) is 0 Å². The smallest absolute Gasteiger partial charge is 0.177 e. The zero-order chi connectivity index (χ0) is 16.8. The molecule has 0 saturated carbocycles. The Balaban J connectivity index is 0.00000225. The van der Waals surface area contributed by atoms with Crippen LogP contribution in [0.5, 0.6) is 0 Å². The minimum absolute atomic E-state index is 0. The minimum Gasteiger partial charge on any atom is -0.369 e. The Hall–Kier alpha value is -1.79. The lowest BCUT2D eigenvalue weighted by Crippen LogP contribution is -2.31. The van der Waals surface area contributed by atoms with Crippen LogP contribution in [-0.4, -0.2) is 29.6 Å². The normalized spacial score (nSPS) is 16.9. The Kier molecular flexibility index (Phi) is 7.08. The maximum absolute atomic E-state index is 11.5. The average Bonchev–Trinajstić information content (AvgIpc) is 2.63. The van der Waals surface area contributed by atoms with Gasteiger partial charge in [-0.05, 0) is 38.4 Å². The molecular formula is C22H26ClNO. The predicted molar refractivity (Wildman–Crippen MR) is 106 cm³/mol. The van der Waals surface area contributed by atoms with Gasteiger partial charge in [-0.3, -0.25) is 4.90 Å². The van der Waals surface area contributed by atoms with Crippen molar-refractivity contribution < 1.29 is 5.11 Å². The fraction of sp³-hybridized carbons (Fsp3) is 0.364. The molecule has 1 aliphatic heterocycles. The quantitative estimate of drug-likeness (QED) is 0.836. The van der Waals surface area contributed by atoms with Crippen LogP contribution < -0.4 is 0 Å². The van der Waals surface area contributed by atoms with Gasteiger partial charge in [0.05, 0.1) is 6.54 Å². The highest BCUT2D eigenvalue weighted by Gasteiger charge is 2.30. The second kappa shape index (κ2) is 9.06. The molecule has 1 atom stereocenters. The molecule has 2 aromatic rings. The summed E-state index contributed by atoms with van der Waals surface area (Å²) in [4.78, 5) is 2.37. The summed E-state index contributed by atoms with van der Waals surface area (Å²) in [5.41, 5.74) is 1.48. The van der Waals surface area contributed by atoms with Crippen LogP contribution >= 0.6 is 12.4 Å². The Labute approximate surface area is 157 Å². The van der Waals surface area contributed by atoms with Crippen molar-refractivity contribution in [1.29, 1.82) is 0 Å². The summed E-state index contributed by atoms with van der Waals surface area (Å²) in [5.74, 6) is 6.43. The minimum atomic E-state index is -1.26. The number of aliphatic hydroxyl groups is 1. The highest BCUT2D eigenvalue weighted by atomic mass is 35.5. The average molecular weight is 356 g/mol. The molecule has 0 spiro atoms. The van der Waals surface area contributed by atoms with Gasteiger partial charge in [0.1, 0.15) is 0 Å². The Morgan fingerprint density at radius 3 is 2.28 bits per heavy atom. The van der Waals surface area contributed by atoms with Gasteiger partial charge in [0.15, 0.2) is 5.60 Å². The van der Waals surface area contributed by atoms with Crippen molar-refractivity contribution in [2.45, 2.75) is 31.8 Å². The monoisotopic (exact) mass is 355 g/mol. The van der Waals surface area contributed by atoms with Crippen molar-refractivity contribution in [3.8, 4) is 11.8 Å². The van der Waals surface area contributed by atoms with Crippen LogP contribution in [0.4, 0.5) is 0 Å². The molecule has 3 rings (SSSR count). The molecule has 0 bridgehead atoms. The van der Waals surface area contributed by atoms with Gasteiger partial charge in [0.25, 0.3) is 0 Å². The van der Waals surface area contributed by atoms with Gasteiger partial charge in [-0.1, -0.05) is 72.9 Å². The summed E-state index contributed by atoms with van der Waals surface area (Å²) in [5, 5.41) is 11.5. The third kappa shape index (κ3) is 4.64. The van der Waals surface area contributed by atoms with Gasteiger partial charge in [-0.15, -0.1) is 12.4 Å². The lowest BCUT2D eigenvalue weighted by atomic mass is 9.84. The molecule has 1 unspecified atom stereocenters. The summed E-state index contributed by atoms with van der Waals surface area (Å²) < 4.78 is 0. The summed E-state index contributed by atoms with van der Waals surface area (Å²) in [7, 11) is 0. The molecule has 0 aromatic heterocycles. The molecule has 1 N–H and O–H groups in total. The molecule has 2 nitrogen and oxygen atoms in total. The number of nitrogens with zero attached hydrogens (tertiary/aromatic N) is 1. The van der Waals surface area contributed by atoms with E-state index in [1.165, 1.54) is 19.3 Å². The van der Waals surface area contributed by atoms with E-state index in [1.807, 2.05) is 61.5 Å². The Morgan fingerprint density at radius 1 is 0.960 bits per heavy atom. The van der Waals surface area contributed by atoms with E-state index in [9.17, 15) is 5.11 Å². The number of hydrogen-bond donors (Lipinski definition) is 1.